The maximum Gasteiger partial charge on any atom is 0.305 e. The van der Waals surface area contributed by atoms with Crippen molar-refractivity contribution in [1.82, 2.24) is 5.32 Å². The Hall–Kier alpha value is -1.92. The molecule has 0 saturated heterocycles. The molecule has 0 fully saturated rings. The number of allylic oxidation sites excluding steroid dienone is 6. The van der Waals surface area contributed by atoms with E-state index in [2.05, 4.69) is 55.6 Å². The second-order valence-electron chi connectivity index (χ2n) is 23.5. The van der Waals surface area contributed by atoms with Crippen molar-refractivity contribution in [2.75, 3.05) is 13.2 Å². The van der Waals surface area contributed by atoms with Crippen LogP contribution in [0.25, 0.3) is 0 Å². The zero-order valence-corrected chi connectivity index (χ0v) is 51.3. The molecule has 0 saturated carbocycles. The summed E-state index contributed by atoms with van der Waals surface area (Å²) in [6.45, 7) is 4.93. The summed E-state index contributed by atoms with van der Waals surface area (Å²) >= 11 is 0. The lowest BCUT2D eigenvalue weighted by atomic mass is 10.0. The van der Waals surface area contributed by atoms with E-state index in [0.29, 0.717) is 25.9 Å². The van der Waals surface area contributed by atoms with Crippen LogP contribution in [0.3, 0.4) is 0 Å². The second kappa shape index (κ2) is 65.6. The maximum atomic E-state index is 12.4. The van der Waals surface area contributed by atoms with E-state index in [-0.39, 0.29) is 18.5 Å². The summed E-state index contributed by atoms with van der Waals surface area (Å²) in [5.74, 6) is -0.0204. The number of unbranched alkanes of at least 4 members (excludes halogenated alkanes) is 47. The number of esters is 1. The van der Waals surface area contributed by atoms with Gasteiger partial charge in [-0.25, -0.2) is 0 Å². The molecule has 0 radical (unpaired) electrons. The lowest BCUT2D eigenvalue weighted by molar-refractivity contribution is -0.143. The van der Waals surface area contributed by atoms with E-state index in [1.165, 1.54) is 289 Å². The summed E-state index contributed by atoms with van der Waals surface area (Å²) in [4.78, 5) is 24.5. The Labute approximate surface area is 474 Å². The number of hydrogen-bond acceptors (Lipinski definition) is 5. The summed E-state index contributed by atoms with van der Waals surface area (Å²) in [5, 5.41) is 23.2. The summed E-state index contributed by atoms with van der Waals surface area (Å²) < 4.78 is 5.51. The Morgan fingerprint density at radius 2 is 0.658 bits per heavy atom. The van der Waals surface area contributed by atoms with Crippen LogP contribution in [0.1, 0.15) is 373 Å². The van der Waals surface area contributed by atoms with E-state index < -0.39 is 12.1 Å². The van der Waals surface area contributed by atoms with Gasteiger partial charge < -0.3 is 20.3 Å². The van der Waals surface area contributed by atoms with Gasteiger partial charge in [0.25, 0.3) is 0 Å². The minimum Gasteiger partial charge on any atom is -0.466 e. The molecule has 0 aliphatic rings. The van der Waals surface area contributed by atoms with E-state index in [1.54, 1.807) is 0 Å². The summed E-state index contributed by atoms with van der Waals surface area (Å²) in [5.41, 5.74) is 0. The first-order valence-corrected chi connectivity index (χ1v) is 34.2. The number of rotatable bonds is 64. The molecule has 448 valence electrons. The highest BCUT2D eigenvalue weighted by atomic mass is 16.5. The third-order valence-corrected chi connectivity index (χ3v) is 15.9. The summed E-state index contributed by atoms with van der Waals surface area (Å²) in [7, 11) is 0. The van der Waals surface area contributed by atoms with Crippen molar-refractivity contribution in [3.63, 3.8) is 0 Å². The normalized spacial score (nSPS) is 12.7. The van der Waals surface area contributed by atoms with Gasteiger partial charge in [-0.1, -0.05) is 314 Å². The average molecular weight is 1070 g/mol. The smallest absolute Gasteiger partial charge is 0.305 e. The van der Waals surface area contributed by atoms with E-state index in [0.717, 1.165) is 51.4 Å². The van der Waals surface area contributed by atoms with Crippen molar-refractivity contribution < 1.29 is 24.5 Å². The minimum absolute atomic E-state index is 0.0135. The lowest BCUT2D eigenvalue weighted by Gasteiger charge is -2.22. The van der Waals surface area contributed by atoms with E-state index in [9.17, 15) is 19.8 Å². The van der Waals surface area contributed by atoms with Gasteiger partial charge in [-0.15, -0.1) is 0 Å². The second-order valence-corrected chi connectivity index (χ2v) is 23.5. The number of aliphatic hydroxyl groups excluding tert-OH is 2. The predicted molar refractivity (Wildman–Crippen MR) is 333 cm³/mol. The number of amides is 1. The van der Waals surface area contributed by atoms with Crippen LogP contribution in [0.4, 0.5) is 0 Å². The van der Waals surface area contributed by atoms with Crippen LogP contribution in [0.5, 0.6) is 0 Å². The van der Waals surface area contributed by atoms with Gasteiger partial charge in [-0.2, -0.15) is 0 Å². The fourth-order valence-corrected chi connectivity index (χ4v) is 10.7. The molecule has 6 heteroatoms. The molecule has 0 aromatic rings. The molecule has 0 bridgehead atoms. The topological polar surface area (TPSA) is 95.9 Å². The summed E-state index contributed by atoms with van der Waals surface area (Å²) in [6, 6.07) is -0.538. The Kier molecular flexibility index (Phi) is 63.9. The molecule has 0 aromatic carbocycles. The Balaban J connectivity index is 3.33. The molecule has 2 unspecified atom stereocenters. The van der Waals surface area contributed by atoms with E-state index in [4.69, 9.17) is 4.74 Å². The first-order chi connectivity index (χ1) is 37.5. The van der Waals surface area contributed by atoms with Crippen molar-refractivity contribution in [1.29, 1.82) is 0 Å². The molecule has 0 spiro atoms. The molecule has 0 aliphatic carbocycles. The SMILES string of the molecule is CCCCC/C=C\C/C=C\CCCCCCCCCCCC(=O)OCCCCCCCCCCCCCC/C=C\CCCCCCCCCCCCCCCCC(=O)NC(CO)C(O)CCCCCCCCCCCC. The number of carbonyl (C=O) groups excluding carboxylic acids is 2. The van der Waals surface area contributed by atoms with Gasteiger partial charge in [0.2, 0.25) is 5.91 Å². The zero-order valence-electron chi connectivity index (χ0n) is 51.3. The number of aliphatic hydroxyl groups is 2. The number of carbonyl (C=O) groups is 2. The third kappa shape index (κ3) is 61.3. The van der Waals surface area contributed by atoms with Crippen LogP contribution < -0.4 is 5.32 Å². The van der Waals surface area contributed by atoms with E-state index in [1.807, 2.05) is 0 Å². The van der Waals surface area contributed by atoms with Crippen molar-refractivity contribution in [3.05, 3.63) is 36.5 Å². The van der Waals surface area contributed by atoms with Gasteiger partial charge in [0.1, 0.15) is 0 Å². The van der Waals surface area contributed by atoms with Crippen LogP contribution in [0, 0.1) is 0 Å². The van der Waals surface area contributed by atoms with Crippen molar-refractivity contribution in [3.8, 4) is 0 Å². The molecular formula is C70H133NO5. The van der Waals surface area contributed by atoms with Gasteiger partial charge >= 0.3 is 5.97 Å². The Morgan fingerprint density at radius 3 is 1.04 bits per heavy atom. The Morgan fingerprint density at radius 1 is 0.368 bits per heavy atom. The van der Waals surface area contributed by atoms with Gasteiger partial charge in [0.05, 0.1) is 25.4 Å². The predicted octanol–water partition coefficient (Wildman–Crippen LogP) is 21.9. The molecule has 0 aromatic heterocycles. The van der Waals surface area contributed by atoms with Gasteiger partial charge in [-0.3, -0.25) is 9.59 Å². The van der Waals surface area contributed by atoms with Gasteiger partial charge in [0.15, 0.2) is 0 Å². The molecule has 6 nitrogen and oxygen atoms in total. The fourth-order valence-electron chi connectivity index (χ4n) is 10.7. The number of hydrogen-bond donors (Lipinski definition) is 3. The standard InChI is InChI=1S/C70H133NO5/c1-3-5-7-9-11-13-15-16-17-18-31-35-38-41-44-48-52-56-60-64-70(75)76-65-61-57-53-49-45-42-39-36-33-30-28-26-24-22-20-19-21-23-25-27-29-32-34-37-40-43-47-51-55-59-63-69(74)71-67(66-72)68(73)62-58-54-50-46-14-12-10-8-6-4-2/h11,13,16-17,20,22,67-68,72-73H,3-10,12,14-15,18-19,21,23-66H2,1-2H3,(H,71,74)/b13-11-,17-16-,22-20-. The Bertz CT molecular complexity index is 1230. The molecule has 2 atom stereocenters. The lowest BCUT2D eigenvalue weighted by Crippen LogP contribution is -2.45. The van der Waals surface area contributed by atoms with Gasteiger partial charge in [-0.05, 0) is 83.5 Å². The summed E-state index contributed by atoms with van der Waals surface area (Å²) in [6.07, 6.45) is 83.4. The molecule has 0 heterocycles. The first kappa shape index (κ1) is 74.1. The van der Waals surface area contributed by atoms with Crippen LogP contribution in [0.15, 0.2) is 36.5 Å². The molecule has 3 N–H and O–H groups in total. The highest BCUT2D eigenvalue weighted by molar-refractivity contribution is 5.76. The molecule has 0 aliphatic heterocycles. The highest BCUT2D eigenvalue weighted by Crippen LogP contribution is 2.18. The van der Waals surface area contributed by atoms with Crippen LogP contribution in [-0.2, 0) is 14.3 Å². The quantitative estimate of drug-likeness (QED) is 0.0320. The maximum absolute atomic E-state index is 12.4. The highest BCUT2D eigenvalue weighted by Gasteiger charge is 2.20. The van der Waals surface area contributed by atoms with Crippen LogP contribution >= 0.6 is 0 Å². The van der Waals surface area contributed by atoms with E-state index >= 15 is 0 Å². The first-order valence-electron chi connectivity index (χ1n) is 34.2. The molecular weight excluding hydrogens is 935 g/mol. The largest absolute Gasteiger partial charge is 0.466 e. The fraction of sp³-hybridized carbons (Fsp3) is 0.886. The number of nitrogens with one attached hydrogen (secondary N) is 1. The molecule has 0 rings (SSSR count). The zero-order chi connectivity index (χ0) is 55.0. The third-order valence-electron chi connectivity index (χ3n) is 15.9. The average Bonchev–Trinajstić information content (AvgIpc) is 3.42. The molecule has 76 heavy (non-hydrogen) atoms. The molecule has 1 amide bonds. The van der Waals surface area contributed by atoms with Gasteiger partial charge in [0, 0.05) is 12.8 Å². The number of ether oxygens (including phenoxy) is 1. The van der Waals surface area contributed by atoms with Crippen molar-refractivity contribution in [2.45, 2.75) is 386 Å². The van der Waals surface area contributed by atoms with Crippen LogP contribution in [-0.4, -0.2) is 47.4 Å². The monoisotopic (exact) mass is 1070 g/mol. The van der Waals surface area contributed by atoms with Crippen molar-refractivity contribution in [2.24, 2.45) is 0 Å². The van der Waals surface area contributed by atoms with Crippen LogP contribution in [0.2, 0.25) is 0 Å². The minimum atomic E-state index is -0.661. The van der Waals surface area contributed by atoms with Crippen molar-refractivity contribution >= 4 is 11.9 Å².